The molecule has 8 heteroatoms. The van der Waals surface area contributed by atoms with Crippen molar-refractivity contribution in [2.24, 2.45) is 0 Å². The predicted octanol–water partition coefficient (Wildman–Crippen LogP) is 3.45. The third kappa shape index (κ3) is 3.21. The Kier molecular flexibility index (Phi) is 3.68. The number of aryl methyl sites for hydroxylation is 1. The first-order valence-electron chi connectivity index (χ1n) is 4.68. The van der Waals surface area contributed by atoms with Crippen LogP contribution in [0.25, 0.3) is 0 Å². The maximum absolute atomic E-state index is 12.9. The Morgan fingerprint density at radius 2 is 1.72 bits per heavy atom. The van der Waals surface area contributed by atoms with Crippen LogP contribution in [0, 0.1) is 6.92 Å². The van der Waals surface area contributed by atoms with Crippen molar-refractivity contribution in [2.45, 2.75) is 25.4 Å². The van der Waals surface area contributed by atoms with Crippen LogP contribution in [-0.2, 0) is 0 Å². The highest BCUT2D eigenvalue weighted by Gasteiger charge is 2.59. The van der Waals surface area contributed by atoms with Crippen LogP contribution in [-0.4, -0.2) is 18.5 Å². The lowest BCUT2D eigenvalue weighted by Crippen LogP contribution is -2.45. The first kappa shape index (κ1) is 14.5. The second-order valence-electron chi connectivity index (χ2n) is 3.59. The van der Waals surface area contributed by atoms with Gasteiger partial charge < -0.3 is 10.5 Å². The Balaban J connectivity index is 2.91. The maximum Gasteiger partial charge on any atom is 0.439 e. The summed E-state index contributed by atoms with van der Waals surface area (Å²) in [6.07, 6.45) is -15.1. The van der Waals surface area contributed by atoms with Gasteiger partial charge in [0.2, 0.25) is 0 Å². The van der Waals surface area contributed by atoms with Crippen LogP contribution < -0.4 is 10.5 Å². The van der Waals surface area contributed by atoms with E-state index in [9.17, 15) is 26.3 Å². The summed E-state index contributed by atoms with van der Waals surface area (Å²) in [6, 6.07) is 3.09. The van der Waals surface area contributed by atoms with E-state index in [4.69, 9.17) is 5.73 Å². The van der Waals surface area contributed by atoms with Crippen molar-refractivity contribution in [3.05, 3.63) is 23.8 Å². The molecule has 0 aromatic heterocycles. The summed E-state index contributed by atoms with van der Waals surface area (Å²) < 4.78 is 77.5. The number of rotatable bonds is 3. The van der Waals surface area contributed by atoms with Gasteiger partial charge in [-0.25, -0.2) is 4.39 Å². The number of hydrogen-bond acceptors (Lipinski definition) is 2. The second kappa shape index (κ2) is 4.58. The molecule has 1 rings (SSSR count). The molecule has 0 bridgehead atoms. The number of hydrogen-bond donors (Lipinski definition) is 1. The van der Waals surface area contributed by atoms with Crippen LogP contribution in [0.15, 0.2) is 18.2 Å². The van der Waals surface area contributed by atoms with E-state index >= 15 is 0 Å². The molecule has 0 saturated heterocycles. The summed E-state index contributed by atoms with van der Waals surface area (Å²) in [5.74, 6) is -0.599. The van der Waals surface area contributed by atoms with E-state index in [1.807, 2.05) is 0 Å². The van der Waals surface area contributed by atoms with Crippen molar-refractivity contribution in [2.75, 3.05) is 5.73 Å². The SMILES string of the molecule is Cc1cc(OC(F)(F)C(F)C(F)(F)F)ccc1N. The van der Waals surface area contributed by atoms with E-state index in [1.165, 1.54) is 13.0 Å². The molecule has 0 aliphatic heterocycles. The molecular weight excluding hydrogens is 264 g/mol. The Labute approximate surface area is 98.3 Å². The van der Waals surface area contributed by atoms with Gasteiger partial charge in [0, 0.05) is 5.69 Å². The topological polar surface area (TPSA) is 35.2 Å². The van der Waals surface area contributed by atoms with Crippen LogP contribution in [0.2, 0.25) is 0 Å². The highest BCUT2D eigenvalue weighted by Crippen LogP contribution is 2.36. The summed E-state index contributed by atoms with van der Waals surface area (Å²) in [4.78, 5) is 0. The number of ether oxygens (including phenoxy) is 1. The molecule has 0 spiro atoms. The van der Waals surface area contributed by atoms with Crippen molar-refractivity contribution in [3.63, 3.8) is 0 Å². The summed E-state index contributed by atoms with van der Waals surface area (Å²) >= 11 is 0. The van der Waals surface area contributed by atoms with Crippen LogP contribution >= 0.6 is 0 Å². The standard InChI is InChI=1S/C10H9F6NO/c1-5-4-6(2-3-7(5)17)18-10(15,16)8(11)9(12,13)14/h2-4,8H,17H2,1H3. The number of halogens is 6. The summed E-state index contributed by atoms with van der Waals surface area (Å²) in [6.45, 7) is 1.44. The number of nitrogen functional groups attached to an aromatic ring is 1. The Hall–Kier alpha value is -1.60. The number of anilines is 1. The Morgan fingerprint density at radius 3 is 2.17 bits per heavy atom. The largest absolute Gasteiger partial charge is 0.439 e. The zero-order chi connectivity index (χ0) is 14.1. The average molecular weight is 273 g/mol. The number of nitrogens with two attached hydrogens (primary N) is 1. The lowest BCUT2D eigenvalue weighted by atomic mass is 10.2. The molecular formula is C10H9F6NO. The molecule has 1 atom stereocenters. The molecule has 1 aromatic carbocycles. The molecule has 2 N–H and O–H groups in total. The van der Waals surface area contributed by atoms with Crippen LogP contribution in [0.4, 0.5) is 32.0 Å². The van der Waals surface area contributed by atoms with Crippen LogP contribution in [0.1, 0.15) is 5.56 Å². The molecule has 1 aromatic rings. The molecule has 0 saturated carbocycles. The summed E-state index contributed by atoms with van der Waals surface area (Å²) in [7, 11) is 0. The molecule has 102 valence electrons. The third-order valence-electron chi connectivity index (χ3n) is 2.08. The van der Waals surface area contributed by atoms with Gasteiger partial charge in [0.05, 0.1) is 0 Å². The van der Waals surface area contributed by atoms with E-state index < -0.39 is 24.2 Å². The zero-order valence-electron chi connectivity index (χ0n) is 9.06. The van der Waals surface area contributed by atoms with Crippen molar-refractivity contribution in [1.29, 1.82) is 0 Å². The van der Waals surface area contributed by atoms with Gasteiger partial charge in [0.1, 0.15) is 5.75 Å². The molecule has 0 radical (unpaired) electrons. The lowest BCUT2D eigenvalue weighted by molar-refractivity contribution is -0.304. The highest BCUT2D eigenvalue weighted by atomic mass is 19.4. The maximum atomic E-state index is 12.9. The van der Waals surface area contributed by atoms with Crippen LogP contribution in [0.3, 0.4) is 0 Å². The minimum absolute atomic E-state index is 0.248. The minimum Gasteiger partial charge on any atom is -0.430 e. The highest BCUT2D eigenvalue weighted by molar-refractivity contribution is 5.49. The first-order chi connectivity index (χ1) is 8.04. The van der Waals surface area contributed by atoms with Gasteiger partial charge >= 0.3 is 12.3 Å². The fourth-order valence-corrected chi connectivity index (χ4v) is 1.11. The lowest BCUT2D eigenvalue weighted by Gasteiger charge is -2.23. The molecule has 0 aliphatic rings. The molecule has 0 amide bonds. The van der Waals surface area contributed by atoms with Gasteiger partial charge in [-0.15, -0.1) is 0 Å². The van der Waals surface area contributed by atoms with Crippen molar-refractivity contribution >= 4 is 5.69 Å². The number of alkyl halides is 6. The normalized spacial score (nSPS) is 14.4. The molecule has 0 fully saturated rings. The fraction of sp³-hybridized carbons (Fsp3) is 0.400. The van der Waals surface area contributed by atoms with Crippen molar-refractivity contribution in [3.8, 4) is 5.75 Å². The second-order valence-corrected chi connectivity index (χ2v) is 3.59. The predicted molar refractivity (Wildman–Crippen MR) is 52.1 cm³/mol. The van der Waals surface area contributed by atoms with Crippen LogP contribution in [0.5, 0.6) is 5.75 Å². The van der Waals surface area contributed by atoms with E-state index in [1.54, 1.807) is 0 Å². The third-order valence-corrected chi connectivity index (χ3v) is 2.08. The minimum atomic E-state index is -5.70. The Morgan fingerprint density at radius 1 is 1.17 bits per heavy atom. The monoisotopic (exact) mass is 273 g/mol. The molecule has 0 heterocycles. The molecule has 18 heavy (non-hydrogen) atoms. The zero-order valence-corrected chi connectivity index (χ0v) is 9.06. The molecule has 1 unspecified atom stereocenters. The van der Waals surface area contributed by atoms with E-state index in [0.717, 1.165) is 12.1 Å². The van der Waals surface area contributed by atoms with Gasteiger partial charge in [-0.05, 0) is 30.7 Å². The van der Waals surface area contributed by atoms with Gasteiger partial charge in [0.25, 0.3) is 6.17 Å². The molecule has 0 aliphatic carbocycles. The van der Waals surface area contributed by atoms with Gasteiger partial charge in [-0.2, -0.15) is 22.0 Å². The fourth-order valence-electron chi connectivity index (χ4n) is 1.11. The van der Waals surface area contributed by atoms with Gasteiger partial charge in [0.15, 0.2) is 0 Å². The summed E-state index contributed by atoms with van der Waals surface area (Å²) in [5, 5.41) is 0. The molecule has 2 nitrogen and oxygen atoms in total. The van der Waals surface area contributed by atoms with Crippen molar-refractivity contribution in [1.82, 2.24) is 0 Å². The number of benzene rings is 1. The smallest absolute Gasteiger partial charge is 0.430 e. The van der Waals surface area contributed by atoms with Crippen molar-refractivity contribution < 1.29 is 31.1 Å². The van der Waals surface area contributed by atoms with E-state index in [2.05, 4.69) is 4.74 Å². The summed E-state index contributed by atoms with van der Waals surface area (Å²) in [5.41, 5.74) is 5.96. The van der Waals surface area contributed by atoms with E-state index in [0.29, 0.717) is 5.56 Å². The van der Waals surface area contributed by atoms with E-state index in [-0.39, 0.29) is 5.69 Å². The average Bonchev–Trinajstić information content (AvgIpc) is 2.20. The first-order valence-corrected chi connectivity index (χ1v) is 4.68. The van der Waals surface area contributed by atoms with Gasteiger partial charge in [-0.1, -0.05) is 0 Å². The quantitative estimate of drug-likeness (QED) is 0.676. The van der Waals surface area contributed by atoms with Gasteiger partial charge in [-0.3, -0.25) is 0 Å². The Bertz CT molecular complexity index is 431.